The SMILES string of the molecule is [2H]c1c([2H])c([2H])c(-c2cccc(-c3c([2H])c([2H])c([2H])c([2H])c3[2H])c2N2CN(c3cc(-c4cc(C)c(C)cc4C)cc(C(F)(F)c4ccc5c6c([2H])c([2H])c([2H])c([2H])c6n(-c6cc(C(C)(C)C)ccn6)c5c4)c3)c3ccccc32)c([2H])c1[2H]. The maximum Gasteiger partial charge on any atom is 0.298 e. The Morgan fingerprint density at radius 3 is 1.85 bits per heavy atom. The molecule has 0 unspecified atom stereocenters. The Kier molecular flexibility index (Phi) is 7.21. The summed E-state index contributed by atoms with van der Waals surface area (Å²) in [5.74, 6) is -3.52. The number of hydrogen-bond acceptors (Lipinski definition) is 3. The molecule has 6 heteroatoms. The molecule has 0 N–H and O–H groups in total. The van der Waals surface area contributed by atoms with Crippen molar-refractivity contribution in [2.24, 2.45) is 0 Å². The number of hydrogen-bond donors (Lipinski definition) is 0. The third-order valence-electron chi connectivity index (χ3n) is 12.9. The van der Waals surface area contributed by atoms with Crippen molar-refractivity contribution in [2.75, 3.05) is 16.5 Å². The lowest BCUT2D eigenvalue weighted by atomic mass is 9.88. The number of anilines is 4. The Balaban J connectivity index is 1.16. The topological polar surface area (TPSA) is 24.3 Å². The summed E-state index contributed by atoms with van der Waals surface area (Å²) < 4.78 is 162. The summed E-state index contributed by atoms with van der Waals surface area (Å²) in [5.41, 5.74) is 4.74. The van der Waals surface area contributed by atoms with Gasteiger partial charge >= 0.3 is 0 Å². The first-order chi connectivity index (χ1) is 38.6. The van der Waals surface area contributed by atoms with Gasteiger partial charge in [-0.1, -0.05) is 154 Å². The molecule has 0 saturated heterocycles. The molecule has 0 atom stereocenters. The number of halogens is 2. The molecule has 1 aliphatic heterocycles. The van der Waals surface area contributed by atoms with Crippen LogP contribution in [0.15, 0.2) is 194 Å². The Morgan fingerprint density at radius 2 is 1.16 bits per heavy atom. The molecule has 2 aromatic heterocycles. The zero-order valence-corrected chi connectivity index (χ0v) is 38.1. The minimum Gasteiger partial charge on any atom is -0.321 e. The van der Waals surface area contributed by atoms with Crippen molar-refractivity contribution in [3.8, 4) is 39.2 Å². The molecule has 68 heavy (non-hydrogen) atoms. The normalized spacial score (nSPS) is 15.8. The summed E-state index contributed by atoms with van der Waals surface area (Å²) >= 11 is 0. The van der Waals surface area contributed by atoms with E-state index in [1.54, 1.807) is 52.4 Å². The van der Waals surface area contributed by atoms with Crippen molar-refractivity contribution < 1.29 is 28.0 Å². The van der Waals surface area contributed by atoms with E-state index in [9.17, 15) is 0 Å². The molecule has 8 aromatic carbocycles. The molecular formula is C62H52F2N4. The van der Waals surface area contributed by atoms with Crippen molar-refractivity contribution >= 4 is 44.6 Å². The van der Waals surface area contributed by atoms with Gasteiger partial charge in [0, 0.05) is 44.9 Å². The molecule has 0 radical (unpaired) electrons. The number of nitrogens with zero attached hydrogens (tertiary/aromatic N) is 4. The summed E-state index contributed by atoms with van der Waals surface area (Å²) in [6, 6.07) is 20.3. The van der Waals surface area contributed by atoms with Crippen molar-refractivity contribution in [3.63, 3.8) is 0 Å². The standard InChI is InChI=1S/C62H52F2N4/c1-40-32-42(3)54(33-41(40)2)45-34-48(62(63,64)47-28-29-53-52-22-13-14-25-55(52)68(58(53)37-47)59-38-46(30-31-65-59)61(4,5)6)36-49(35-45)66-39-67(57-27-16-15-26-56(57)66)60-50(43-18-9-7-10-19-43)23-17-24-51(60)44-20-11-8-12-21-44/h7-38H,39H2,1-6H3/i7D,8D,9D,10D,11D,12D,13D,14D,18D,19D,20D,21D,22D,25D. The number of aromatic nitrogens is 2. The van der Waals surface area contributed by atoms with Gasteiger partial charge < -0.3 is 9.80 Å². The van der Waals surface area contributed by atoms with Gasteiger partial charge in [0.25, 0.3) is 5.92 Å². The summed E-state index contributed by atoms with van der Waals surface area (Å²) in [4.78, 5) is 8.17. The van der Waals surface area contributed by atoms with Gasteiger partial charge in [-0.05, 0) is 125 Å². The van der Waals surface area contributed by atoms with E-state index in [4.69, 9.17) is 19.2 Å². The number of fused-ring (bicyclic) bond motifs is 4. The average Bonchev–Trinajstić information content (AvgIpc) is 1.95. The molecule has 0 fully saturated rings. The summed E-state index contributed by atoms with van der Waals surface area (Å²) in [5, 5.41) is 0.457. The molecule has 4 nitrogen and oxygen atoms in total. The molecule has 1 aliphatic rings. The predicted octanol–water partition coefficient (Wildman–Crippen LogP) is 16.8. The minimum absolute atomic E-state index is 0.0748. The van der Waals surface area contributed by atoms with E-state index in [-0.39, 0.29) is 80.0 Å². The van der Waals surface area contributed by atoms with E-state index in [2.05, 4.69) is 4.98 Å². The third kappa shape index (κ3) is 7.32. The van der Waals surface area contributed by atoms with Crippen LogP contribution in [0.4, 0.5) is 31.5 Å². The predicted molar refractivity (Wildman–Crippen MR) is 279 cm³/mol. The summed E-state index contributed by atoms with van der Waals surface area (Å²) in [7, 11) is 0. The van der Waals surface area contributed by atoms with Crippen LogP contribution >= 0.6 is 0 Å². The van der Waals surface area contributed by atoms with Crippen molar-refractivity contribution in [2.45, 2.75) is 52.9 Å². The van der Waals surface area contributed by atoms with Crippen molar-refractivity contribution in [1.29, 1.82) is 0 Å². The number of benzene rings is 8. The average molecular weight is 905 g/mol. The number of rotatable bonds is 8. The minimum atomic E-state index is -3.79. The summed E-state index contributed by atoms with van der Waals surface area (Å²) in [6.07, 6.45) is 1.59. The van der Waals surface area contributed by atoms with E-state index in [1.807, 2.05) is 59.7 Å². The highest BCUT2D eigenvalue weighted by Gasteiger charge is 2.38. The van der Waals surface area contributed by atoms with Gasteiger partial charge in [-0.2, -0.15) is 8.78 Å². The monoisotopic (exact) mass is 905 g/mol. The van der Waals surface area contributed by atoms with Crippen LogP contribution < -0.4 is 9.80 Å². The van der Waals surface area contributed by atoms with Crippen LogP contribution in [-0.2, 0) is 11.3 Å². The summed E-state index contributed by atoms with van der Waals surface area (Å²) in [6.45, 7) is 11.6. The van der Waals surface area contributed by atoms with Gasteiger partial charge in [0.2, 0.25) is 0 Å². The molecule has 0 spiro atoms. The molecular weight excluding hydrogens is 839 g/mol. The fourth-order valence-electron chi connectivity index (χ4n) is 9.33. The zero-order chi connectivity index (χ0) is 59.1. The second kappa shape index (κ2) is 16.5. The lowest BCUT2D eigenvalue weighted by Gasteiger charge is -2.28. The van der Waals surface area contributed by atoms with Crippen LogP contribution in [0.1, 0.15) is 73.3 Å². The Bertz CT molecular complexity index is 4250. The zero-order valence-electron chi connectivity index (χ0n) is 52.1. The highest BCUT2D eigenvalue weighted by atomic mass is 19.3. The number of aryl methyl sites for hydroxylation is 3. The largest absolute Gasteiger partial charge is 0.321 e. The molecule has 0 bridgehead atoms. The van der Waals surface area contributed by atoms with Crippen LogP contribution in [0.5, 0.6) is 0 Å². The molecule has 0 amide bonds. The molecule has 334 valence electrons. The molecule has 0 aliphatic carbocycles. The highest BCUT2D eigenvalue weighted by Crippen LogP contribution is 2.51. The second-order valence-corrected chi connectivity index (χ2v) is 18.2. The van der Waals surface area contributed by atoms with E-state index in [1.165, 1.54) is 53.1 Å². The van der Waals surface area contributed by atoms with Crippen LogP contribution in [0.2, 0.25) is 0 Å². The lowest BCUT2D eigenvalue weighted by molar-refractivity contribution is 0.0430. The first-order valence-corrected chi connectivity index (χ1v) is 22.2. The van der Waals surface area contributed by atoms with Gasteiger partial charge in [-0.25, -0.2) is 4.98 Å². The van der Waals surface area contributed by atoms with Crippen LogP contribution in [0.25, 0.3) is 61.0 Å². The van der Waals surface area contributed by atoms with Gasteiger partial charge in [-0.15, -0.1) is 0 Å². The number of alkyl halides is 2. The third-order valence-corrected chi connectivity index (χ3v) is 12.9. The fourth-order valence-corrected chi connectivity index (χ4v) is 9.33. The van der Waals surface area contributed by atoms with Gasteiger partial charge in [-0.3, -0.25) is 4.57 Å². The van der Waals surface area contributed by atoms with Crippen LogP contribution in [0.3, 0.4) is 0 Å². The van der Waals surface area contributed by atoms with Gasteiger partial charge in [0.1, 0.15) is 12.5 Å². The number of pyridine rings is 1. The first-order valence-electron chi connectivity index (χ1n) is 29.2. The van der Waals surface area contributed by atoms with Crippen LogP contribution in [-0.4, -0.2) is 16.2 Å². The number of para-hydroxylation sites is 4. The van der Waals surface area contributed by atoms with E-state index < -0.39 is 89.6 Å². The van der Waals surface area contributed by atoms with Gasteiger partial charge in [0.05, 0.1) is 47.3 Å². The van der Waals surface area contributed by atoms with Crippen LogP contribution in [0, 0.1) is 20.8 Å². The fraction of sp³-hybridized carbons (Fsp3) is 0.145. The quantitative estimate of drug-likeness (QED) is 0.152. The smallest absolute Gasteiger partial charge is 0.298 e. The highest BCUT2D eigenvalue weighted by molar-refractivity contribution is 6.09. The molecule has 0 saturated carbocycles. The van der Waals surface area contributed by atoms with Crippen molar-refractivity contribution in [1.82, 2.24) is 9.55 Å². The van der Waals surface area contributed by atoms with E-state index >= 15 is 8.78 Å². The Hall–Kier alpha value is -7.83. The maximum absolute atomic E-state index is 18.4. The van der Waals surface area contributed by atoms with E-state index in [0.29, 0.717) is 27.9 Å². The Morgan fingerprint density at radius 1 is 0.515 bits per heavy atom. The molecule has 10 aromatic rings. The molecule has 3 heterocycles. The first kappa shape index (κ1) is 29.7. The molecule has 11 rings (SSSR count). The van der Waals surface area contributed by atoms with Gasteiger partial charge in [0.15, 0.2) is 0 Å². The Labute approximate surface area is 417 Å². The second-order valence-electron chi connectivity index (χ2n) is 18.2. The van der Waals surface area contributed by atoms with E-state index in [0.717, 1.165) is 22.3 Å². The maximum atomic E-state index is 18.4. The lowest BCUT2D eigenvalue weighted by Crippen LogP contribution is -2.25. The van der Waals surface area contributed by atoms with Crippen molar-refractivity contribution in [3.05, 3.63) is 227 Å².